The largest absolute Gasteiger partial charge is 0.372 e. The first-order valence-corrected chi connectivity index (χ1v) is 15.3. The van der Waals surface area contributed by atoms with Gasteiger partial charge in [-0.25, -0.2) is 4.39 Å². The lowest BCUT2D eigenvalue weighted by atomic mass is 9.78. The maximum atomic E-state index is 13.5. The number of fused-ring (bicyclic) bond motifs is 1. The summed E-state index contributed by atoms with van der Waals surface area (Å²) in [7, 11) is 0. The van der Waals surface area contributed by atoms with Crippen LogP contribution in [0.2, 0.25) is 0 Å². The summed E-state index contributed by atoms with van der Waals surface area (Å²) in [4.78, 5) is 18.0. The minimum Gasteiger partial charge on any atom is -0.372 e. The molecule has 3 fully saturated rings. The van der Waals surface area contributed by atoms with Crippen LogP contribution in [0.25, 0.3) is 11.0 Å². The summed E-state index contributed by atoms with van der Waals surface area (Å²) in [5.41, 5.74) is 3.69. The molecule has 6 rings (SSSR count). The lowest BCUT2D eigenvalue weighted by Gasteiger charge is -2.34. The van der Waals surface area contributed by atoms with Gasteiger partial charge in [-0.1, -0.05) is 18.0 Å². The van der Waals surface area contributed by atoms with Crippen LogP contribution < -0.4 is 4.90 Å². The van der Waals surface area contributed by atoms with Crippen LogP contribution in [0.1, 0.15) is 92.6 Å². The van der Waals surface area contributed by atoms with Crippen molar-refractivity contribution in [3.05, 3.63) is 59.5 Å². The number of benzene rings is 2. The van der Waals surface area contributed by atoms with Crippen molar-refractivity contribution in [1.82, 2.24) is 10.1 Å². The number of Topliss-reactive ketones (excluding diaryl/α,β-unsaturated/α-hetero) is 1. The Labute approximate surface area is 231 Å². The Kier molecular flexibility index (Phi) is 8.29. The number of hydrogen-bond donors (Lipinski definition) is 0. The van der Waals surface area contributed by atoms with Gasteiger partial charge in [-0.3, -0.25) is 4.79 Å². The molecular formula is C33H42FN3O2. The second-order valence-corrected chi connectivity index (χ2v) is 12.2. The molecule has 5 nitrogen and oxygen atoms in total. The third-order valence-electron chi connectivity index (χ3n) is 9.64. The van der Waals surface area contributed by atoms with Gasteiger partial charge in [-0.15, -0.1) is 0 Å². The minimum absolute atomic E-state index is 0.279. The van der Waals surface area contributed by atoms with E-state index in [-0.39, 0.29) is 5.82 Å². The standard InChI is InChI=1S/C33H42FN3O2/c34-28-10-13-30-32(23-28)39-35-33(30)27-15-20-36(21-16-27)19-14-24-4-6-25(7-5-24)22-31(38)26-8-11-29(12-9-26)37-17-2-1-3-18-37/h8-13,23-25,27H,1-7,14-22H2. The molecule has 0 spiro atoms. The van der Waals surface area contributed by atoms with Crippen LogP contribution in [-0.4, -0.2) is 48.6 Å². The van der Waals surface area contributed by atoms with E-state index in [1.165, 1.54) is 69.2 Å². The van der Waals surface area contributed by atoms with Crippen molar-refractivity contribution >= 4 is 22.4 Å². The van der Waals surface area contributed by atoms with Gasteiger partial charge in [0.1, 0.15) is 5.82 Å². The number of likely N-dealkylation sites (tertiary alicyclic amines) is 1. The van der Waals surface area contributed by atoms with E-state index in [9.17, 15) is 9.18 Å². The normalized spacial score (nSPS) is 23.4. The topological polar surface area (TPSA) is 49.6 Å². The van der Waals surface area contributed by atoms with Gasteiger partial charge in [0, 0.05) is 48.1 Å². The molecule has 2 saturated heterocycles. The fourth-order valence-electron chi connectivity index (χ4n) is 7.14. The molecular weight excluding hydrogens is 489 g/mol. The lowest BCUT2D eigenvalue weighted by molar-refractivity contribution is 0.0939. The van der Waals surface area contributed by atoms with Gasteiger partial charge in [-0.05, 0) is 119 Å². The van der Waals surface area contributed by atoms with Crippen LogP contribution >= 0.6 is 0 Å². The van der Waals surface area contributed by atoms with Crippen LogP contribution in [0, 0.1) is 17.7 Å². The maximum absolute atomic E-state index is 13.5. The van der Waals surface area contributed by atoms with Crippen LogP contribution in [-0.2, 0) is 0 Å². The first-order chi connectivity index (χ1) is 19.1. The predicted molar refractivity (Wildman–Crippen MR) is 154 cm³/mol. The fraction of sp³-hybridized carbons (Fsp3) is 0.576. The van der Waals surface area contributed by atoms with Crippen molar-refractivity contribution < 1.29 is 13.7 Å². The molecule has 39 heavy (non-hydrogen) atoms. The molecule has 2 aliphatic heterocycles. The Hall–Kier alpha value is -2.73. The van der Waals surface area contributed by atoms with E-state index in [0.29, 0.717) is 29.6 Å². The number of rotatable bonds is 8. The van der Waals surface area contributed by atoms with Gasteiger partial charge in [0.05, 0.1) is 5.69 Å². The third kappa shape index (κ3) is 6.37. The summed E-state index contributed by atoms with van der Waals surface area (Å²) >= 11 is 0. The number of hydrogen-bond acceptors (Lipinski definition) is 5. The molecule has 0 N–H and O–H groups in total. The highest BCUT2D eigenvalue weighted by Gasteiger charge is 2.27. The van der Waals surface area contributed by atoms with Gasteiger partial charge in [0.25, 0.3) is 0 Å². The number of ketones is 1. The molecule has 1 aliphatic carbocycles. The van der Waals surface area contributed by atoms with Crippen molar-refractivity contribution in [2.24, 2.45) is 11.8 Å². The van der Waals surface area contributed by atoms with Crippen LogP contribution in [0.3, 0.4) is 0 Å². The summed E-state index contributed by atoms with van der Waals surface area (Å²) in [6, 6.07) is 13.1. The van der Waals surface area contributed by atoms with Crippen molar-refractivity contribution in [2.75, 3.05) is 37.6 Å². The van der Waals surface area contributed by atoms with Gasteiger partial charge in [0.2, 0.25) is 0 Å². The molecule has 1 aromatic heterocycles. The molecule has 0 bridgehead atoms. The Bertz CT molecular complexity index is 1230. The first kappa shape index (κ1) is 26.5. The maximum Gasteiger partial charge on any atom is 0.170 e. The summed E-state index contributed by atoms with van der Waals surface area (Å²) in [6.07, 6.45) is 12.9. The zero-order valence-electron chi connectivity index (χ0n) is 23.1. The van der Waals surface area contributed by atoms with Crippen molar-refractivity contribution in [3.63, 3.8) is 0 Å². The van der Waals surface area contributed by atoms with Crippen molar-refractivity contribution in [3.8, 4) is 0 Å². The van der Waals surface area contributed by atoms with E-state index in [1.807, 2.05) is 12.1 Å². The second-order valence-electron chi connectivity index (χ2n) is 12.2. The zero-order chi connectivity index (χ0) is 26.6. The van der Waals surface area contributed by atoms with Crippen LogP contribution in [0.5, 0.6) is 0 Å². The van der Waals surface area contributed by atoms with Gasteiger partial charge in [0.15, 0.2) is 11.4 Å². The minimum atomic E-state index is -0.279. The summed E-state index contributed by atoms with van der Waals surface area (Å²) in [6.45, 7) is 5.60. The number of halogens is 1. The summed E-state index contributed by atoms with van der Waals surface area (Å²) in [5.74, 6) is 1.75. The van der Waals surface area contributed by atoms with E-state index in [2.05, 4.69) is 27.1 Å². The monoisotopic (exact) mass is 531 g/mol. The molecule has 6 heteroatoms. The van der Waals surface area contributed by atoms with Gasteiger partial charge < -0.3 is 14.3 Å². The highest BCUT2D eigenvalue weighted by molar-refractivity contribution is 5.96. The Morgan fingerprint density at radius 3 is 2.33 bits per heavy atom. The van der Waals surface area contributed by atoms with E-state index in [1.54, 1.807) is 6.07 Å². The molecule has 1 saturated carbocycles. The van der Waals surface area contributed by atoms with E-state index < -0.39 is 0 Å². The second kappa shape index (κ2) is 12.2. The molecule has 2 aromatic carbocycles. The summed E-state index contributed by atoms with van der Waals surface area (Å²) < 4.78 is 18.9. The van der Waals surface area contributed by atoms with Gasteiger partial charge >= 0.3 is 0 Å². The number of nitrogens with zero attached hydrogens (tertiary/aromatic N) is 3. The Balaban J connectivity index is 0.903. The third-order valence-corrected chi connectivity index (χ3v) is 9.64. The van der Waals surface area contributed by atoms with E-state index >= 15 is 0 Å². The average molecular weight is 532 g/mol. The smallest absolute Gasteiger partial charge is 0.170 e. The molecule has 0 radical (unpaired) electrons. The predicted octanol–water partition coefficient (Wildman–Crippen LogP) is 7.61. The highest BCUT2D eigenvalue weighted by Crippen LogP contribution is 2.36. The average Bonchev–Trinajstić information content (AvgIpc) is 3.40. The molecule has 3 aliphatic rings. The molecule has 0 unspecified atom stereocenters. The molecule has 3 aromatic rings. The highest BCUT2D eigenvalue weighted by atomic mass is 19.1. The van der Waals surface area contributed by atoms with Crippen LogP contribution in [0.15, 0.2) is 47.0 Å². The Morgan fingerprint density at radius 1 is 0.872 bits per heavy atom. The number of carbonyl (C=O) groups is 1. The Morgan fingerprint density at radius 2 is 1.59 bits per heavy atom. The molecule has 3 heterocycles. The van der Waals surface area contributed by atoms with Gasteiger partial charge in [-0.2, -0.15) is 0 Å². The lowest BCUT2D eigenvalue weighted by Crippen LogP contribution is -2.35. The van der Waals surface area contributed by atoms with Crippen LogP contribution in [0.4, 0.5) is 10.1 Å². The van der Waals surface area contributed by atoms with E-state index in [0.717, 1.165) is 68.1 Å². The molecule has 0 amide bonds. The molecule has 0 atom stereocenters. The quantitative estimate of drug-likeness (QED) is 0.280. The molecule has 208 valence electrons. The number of anilines is 1. The number of piperidine rings is 2. The fourth-order valence-corrected chi connectivity index (χ4v) is 7.14. The zero-order valence-corrected chi connectivity index (χ0v) is 23.1. The summed E-state index contributed by atoms with van der Waals surface area (Å²) in [5, 5.41) is 5.25. The number of aromatic nitrogens is 1. The SMILES string of the molecule is O=C(CC1CCC(CCN2CCC(c3noc4cc(F)ccc34)CC2)CC1)c1ccc(N2CCCCC2)cc1. The number of carbonyl (C=O) groups excluding carboxylic acids is 1. The van der Waals surface area contributed by atoms with Crippen molar-refractivity contribution in [1.29, 1.82) is 0 Å². The first-order valence-electron chi connectivity index (χ1n) is 15.3. The van der Waals surface area contributed by atoms with E-state index in [4.69, 9.17) is 4.52 Å². The van der Waals surface area contributed by atoms with Crippen molar-refractivity contribution in [2.45, 2.75) is 76.5 Å².